The molecule has 4 heteroatoms. The molecule has 0 spiro atoms. The summed E-state index contributed by atoms with van der Waals surface area (Å²) in [7, 11) is 0. The zero-order chi connectivity index (χ0) is 15.4. The Labute approximate surface area is 136 Å². The maximum absolute atomic E-state index is 9.68. The first-order chi connectivity index (χ1) is 10.7. The number of likely N-dealkylation sites (tertiary alicyclic amines) is 1. The Hall–Kier alpha value is -1.23. The fraction of sp³-hybridized carbons (Fsp3) is 0.500. The highest BCUT2D eigenvalue weighted by molar-refractivity contribution is 7.09. The number of benzene rings is 1. The molecule has 0 bridgehead atoms. The van der Waals surface area contributed by atoms with Crippen molar-refractivity contribution in [1.29, 1.82) is 0 Å². The summed E-state index contributed by atoms with van der Waals surface area (Å²) in [5.41, 5.74) is 2.55. The van der Waals surface area contributed by atoms with Crippen LogP contribution in [0.15, 0.2) is 35.7 Å². The molecule has 0 amide bonds. The summed E-state index contributed by atoms with van der Waals surface area (Å²) in [5.74, 6) is 0.427. The Kier molecular flexibility index (Phi) is 5.24. The van der Waals surface area contributed by atoms with E-state index < -0.39 is 0 Å². The predicted molar refractivity (Wildman–Crippen MR) is 91.0 cm³/mol. The minimum Gasteiger partial charge on any atom is -0.393 e. The van der Waals surface area contributed by atoms with Crippen LogP contribution in [-0.4, -0.2) is 34.2 Å². The van der Waals surface area contributed by atoms with Gasteiger partial charge >= 0.3 is 0 Å². The fourth-order valence-electron chi connectivity index (χ4n) is 3.06. The van der Waals surface area contributed by atoms with Gasteiger partial charge in [-0.2, -0.15) is 0 Å². The lowest BCUT2D eigenvalue weighted by Crippen LogP contribution is -2.24. The van der Waals surface area contributed by atoms with Gasteiger partial charge < -0.3 is 5.11 Å². The van der Waals surface area contributed by atoms with Gasteiger partial charge in [0, 0.05) is 24.9 Å². The second-order valence-electron chi connectivity index (χ2n) is 6.24. The number of aliphatic hydroxyl groups excluding tert-OH is 1. The number of thiazole rings is 1. The summed E-state index contributed by atoms with van der Waals surface area (Å²) in [5, 5.41) is 13.1. The molecular formula is C18H24N2OS. The molecular weight excluding hydrogens is 292 g/mol. The Balaban J connectivity index is 1.49. The van der Waals surface area contributed by atoms with Gasteiger partial charge in [0.1, 0.15) is 0 Å². The molecule has 1 aromatic carbocycles. The summed E-state index contributed by atoms with van der Waals surface area (Å²) in [6.07, 6.45) is 2.98. The van der Waals surface area contributed by atoms with E-state index in [0.717, 1.165) is 38.9 Å². The molecule has 1 N–H and O–H groups in total. The van der Waals surface area contributed by atoms with E-state index >= 15 is 0 Å². The minimum atomic E-state index is -0.193. The van der Waals surface area contributed by atoms with Crippen molar-refractivity contribution in [2.75, 3.05) is 13.1 Å². The van der Waals surface area contributed by atoms with Gasteiger partial charge in [-0.25, -0.2) is 4.98 Å². The standard InChI is InChI=1S/C18H24N2OS/c1-14(21)16-9-10-20(11-16)12-17-13-22-18(19-17)8-7-15-5-3-2-4-6-15/h2-6,13-14,16,21H,7-12H2,1H3. The molecule has 1 fully saturated rings. The second kappa shape index (κ2) is 7.36. The van der Waals surface area contributed by atoms with Crippen LogP contribution in [0.4, 0.5) is 0 Å². The zero-order valence-electron chi connectivity index (χ0n) is 13.1. The van der Waals surface area contributed by atoms with E-state index in [9.17, 15) is 5.11 Å². The Morgan fingerprint density at radius 1 is 1.32 bits per heavy atom. The van der Waals surface area contributed by atoms with Crippen LogP contribution in [-0.2, 0) is 19.4 Å². The van der Waals surface area contributed by atoms with Crippen LogP contribution in [0.5, 0.6) is 0 Å². The first kappa shape index (κ1) is 15.7. The van der Waals surface area contributed by atoms with Crippen LogP contribution in [0.3, 0.4) is 0 Å². The van der Waals surface area contributed by atoms with Gasteiger partial charge in [0.15, 0.2) is 0 Å². The fourth-order valence-corrected chi connectivity index (χ4v) is 3.85. The zero-order valence-corrected chi connectivity index (χ0v) is 13.9. The maximum atomic E-state index is 9.68. The molecule has 2 heterocycles. The average Bonchev–Trinajstić information content (AvgIpc) is 3.16. The average molecular weight is 316 g/mol. The highest BCUT2D eigenvalue weighted by Gasteiger charge is 2.26. The van der Waals surface area contributed by atoms with Gasteiger partial charge in [-0.3, -0.25) is 4.90 Å². The van der Waals surface area contributed by atoms with Crippen molar-refractivity contribution in [3.05, 3.63) is 52.0 Å². The van der Waals surface area contributed by atoms with E-state index in [1.807, 2.05) is 6.92 Å². The molecule has 3 nitrogen and oxygen atoms in total. The third-order valence-electron chi connectivity index (χ3n) is 4.45. The normalized spacial score (nSPS) is 20.4. The molecule has 2 aromatic rings. The topological polar surface area (TPSA) is 36.4 Å². The summed E-state index contributed by atoms with van der Waals surface area (Å²) in [6, 6.07) is 10.6. The highest BCUT2D eigenvalue weighted by Crippen LogP contribution is 2.22. The number of aryl methyl sites for hydroxylation is 2. The lowest BCUT2D eigenvalue weighted by Gasteiger charge is -2.16. The van der Waals surface area contributed by atoms with E-state index in [2.05, 4.69) is 40.6 Å². The monoisotopic (exact) mass is 316 g/mol. The van der Waals surface area contributed by atoms with Gasteiger partial charge in [0.2, 0.25) is 0 Å². The molecule has 22 heavy (non-hydrogen) atoms. The lowest BCUT2D eigenvalue weighted by molar-refractivity contribution is 0.127. The van der Waals surface area contributed by atoms with Gasteiger partial charge in [0.05, 0.1) is 16.8 Å². The predicted octanol–water partition coefficient (Wildman–Crippen LogP) is 3.13. The van der Waals surface area contributed by atoms with Crippen LogP contribution >= 0.6 is 11.3 Å². The van der Waals surface area contributed by atoms with Crippen LogP contribution in [0, 0.1) is 5.92 Å². The summed E-state index contributed by atoms with van der Waals surface area (Å²) in [4.78, 5) is 7.18. The molecule has 0 aliphatic carbocycles. The molecule has 1 aliphatic heterocycles. The number of aromatic nitrogens is 1. The minimum absolute atomic E-state index is 0.193. The molecule has 0 saturated carbocycles. The lowest BCUT2D eigenvalue weighted by atomic mass is 10.0. The molecule has 118 valence electrons. The summed E-state index contributed by atoms with van der Waals surface area (Å²) in [6.45, 7) is 4.89. The molecule has 0 radical (unpaired) electrons. The molecule has 1 saturated heterocycles. The molecule has 1 aliphatic rings. The van der Waals surface area contributed by atoms with Gasteiger partial charge in [-0.15, -0.1) is 11.3 Å². The van der Waals surface area contributed by atoms with E-state index in [1.165, 1.54) is 16.3 Å². The van der Waals surface area contributed by atoms with Crippen LogP contribution in [0.2, 0.25) is 0 Å². The first-order valence-corrected chi connectivity index (χ1v) is 8.96. The van der Waals surface area contributed by atoms with Crippen LogP contribution in [0.25, 0.3) is 0 Å². The second-order valence-corrected chi connectivity index (χ2v) is 7.19. The van der Waals surface area contributed by atoms with Crippen molar-refractivity contribution in [3.8, 4) is 0 Å². The first-order valence-electron chi connectivity index (χ1n) is 8.08. The Bertz CT molecular complexity index is 582. The third-order valence-corrected chi connectivity index (χ3v) is 5.40. The van der Waals surface area contributed by atoms with Crippen LogP contribution in [0.1, 0.15) is 29.6 Å². The quantitative estimate of drug-likeness (QED) is 0.889. The van der Waals surface area contributed by atoms with E-state index in [0.29, 0.717) is 5.92 Å². The van der Waals surface area contributed by atoms with E-state index in [4.69, 9.17) is 4.98 Å². The van der Waals surface area contributed by atoms with E-state index in [1.54, 1.807) is 11.3 Å². The van der Waals surface area contributed by atoms with Gasteiger partial charge in [-0.1, -0.05) is 30.3 Å². The van der Waals surface area contributed by atoms with Crippen molar-refractivity contribution in [3.63, 3.8) is 0 Å². The number of hydrogen-bond acceptors (Lipinski definition) is 4. The maximum Gasteiger partial charge on any atom is 0.0932 e. The highest BCUT2D eigenvalue weighted by atomic mass is 32.1. The van der Waals surface area contributed by atoms with Gasteiger partial charge in [-0.05, 0) is 37.8 Å². The number of aliphatic hydroxyl groups is 1. The molecule has 2 atom stereocenters. The van der Waals surface area contributed by atoms with Crippen molar-refractivity contribution >= 4 is 11.3 Å². The number of hydrogen-bond donors (Lipinski definition) is 1. The van der Waals surface area contributed by atoms with Gasteiger partial charge in [0.25, 0.3) is 0 Å². The van der Waals surface area contributed by atoms with Crippen molar-refractivity contribution in [1.82, 2.24) is 9.88 Å². The SMILES string of the molecule is CC(O)C1CCN(Cc2csc(CCc3ccccc3)n2)C1. The number of nitrogens with zero attached hydrogens (tertiary/aromatic N) is 2. The molecule has 2 unspecified atom stereocenters. The van der Waals surface area contributed by atoms with E-state index in [-0.39, 0.29) is 6.10 Å². The van der Waals surface area contributed by atoms with Crippen molar-refractivity contribution in [2.45, 2.75) is 38.8 Å². The summed E-state index contributed by atoms with van der Waals surface area (Å²) >= 11 is 1.77. The molecule has 1 aromatic heterocycles. The van der Waals surface area contributed by atoms with Crippen molar-refractivity contribution in [2.24, 2.45) is 5.92 Å². The third kappa shape index (κ3) is 4.15. The van der Waals surface area contributed by atoms with Crippen LogP contribution < -0.4 is 0 Å². The Morgan fingerprint density at radius 3 is 2.86 bits per heavy atom. The Morgan fingerprint density at radius 2 is 2.14 bits per heavy atom. The largest absolute Gasteiger partial charge is 0.393 e. The molecule has 3 rings (SSSR count). The summed E-state index contributed by atoms with van der Waals surface area (Å²) < 4.78 is 0. The van der Waals surface area contributed by atoms with Crippen molar-refractivity contribution < 1.29 is 5.11 Å². The smallest absolute Gasteiger partial charge is 0.0932 e. The number of rotatable bonds is 6.